The molecule has 2 aromatic heterocycles. The summed E-state index contributed by atoms with van der Waals surface area (Å²) >= 11 is 1.48. The number of aromatic nitrogens is 1. The molecule has 2 amide bonds. The third-order valence-corrected chi connectivity index (χ3v) is 5.96. The van der Waals surface area contributed by atoms with E-state index in [4.69, 9.17) is 4.42 Å². The standard InChI is InChI=1S/C22H16FN3O3S/c23-14-12-13(7-8-16(14)26-11-3-6-20(26)27)24-21(28)17-9-10-18(29-17)22-25-15-4-1-2-5-19(15)30-22/h1-2,4-5,7-10,12H,3,6,11H2,(H,24,28). The van der Waals surface area contributed by atoms with Crippen molar-refractivity contribution in [3.8, 4) is 10.8 Å². The van der Waals surface area contributed by atoms with Gasteiger partial charge in [0.25, 0.3) is 5.91 Å². The van der Waals surface area contributed by atoms with Gasteiger partial charge in [-0.15, -0.1) is 11.3 Å². The van der Waals surface area contributed by atoms with Crippen molar-refractivity contribution < 1.29 is 18.4 Å². The molecule has 1 aliphatic heterocycles. The number of amides is 2. The second-order valence-corrected chi connectivity index (χ2v) is 7.95. The monoisotopic (exact) mass is 421 g/mol. The number of fused-ring (bicyclic) bond motifs is 1. The van der Waals surface area contributed by atoms with Crippen molar-refractivity contribution in [3.63, 3.8) is 0 Å². The molecule has 2 aromatic carbocycles. The van der Waals surface area contributed by atoms with E-state index in [1.165, 1.54) is 28.4 Å². The van der Waals surface area contributed by atoms with Crippen molar-refractivity contribution >= 4 is 44.7 Å². The molecule has 0 spiro atoms. The fraction of sp³-hybridized carbons (Fsp3) is 0.136. The van der Waals surface area contributed by atoms with Gasteiger partial charge in [-0.05, 0) is 48.9 Å². The zero-order valence-corrected chi connectivity index (χ0v) is 16.5. The van der Waals surface area contributed by atoms with E-state index in [1.807, 2.05) is 24.3 Å². The lowest BCUT2D eigenvalue weighted by Crippen LogP contribution is -2.24. The first-order valence-electron chi connectivity index (χ1n) is 9.45. The lowest BCUT2D eigenvalue weighted by molar-refractivity contribution is -0.117. The minimum absolute atomic E-state index is 0.0938. The maximum Gasteiger partial charge on any atom is 0.291 e. The van der Waals surface area contributed by atoms with Gasteiger partial charge in [-0.2, -0.15) is 0 Å². The molecule has 5 rings (SSSR count). The molecule has 3 heterocycles. The Kier molecular flexibility index (Phi) is 4.55. The van der Waals surface area contributed by atoms with E-state index in [2.05, 4.69) is 10.3 Å². The normalized spacial score (nSPS) is 13.9. The highest BCUT2D eigenvalue weighted by atomic mass is 32.1. The van der Waals surface area contributed by atoms with E-state index in [9.17, 15) is 14.0 Å². The van der Waals surface area contributed by atoms with Gasteiger partial charge in [0, 0.05) is 18.7 Å². The fourth-order valence-electron chi connectivity index (χ4n) is 3.45. The van der Waals surface area contributed by atoms with Crippen molar-refractivity contribution in [1.82, 2.24) is 4.98 Å². The molecule has 1 fully saturated rings. The predicted molar refractivity (Wildman–Crippen MR) is 113 cm³/mol. The maximum absolute atomic E-state index is 14.5. The molecule has 30 heavy (non-hydrogen) atoms. The average Bonchev–Trinajstić information content (AvgIpc) is 3.47. The Morgan fingerprint density at radius 1 is 1.17 bits per heavy atom. The van der Waals surface area contributed by atoms with Gasteiger partial charge < -0.3 is 14.6 Å². The van der Waals surface area contributed by atoms with Crippen molar-refractivity contribution in [2.24, 2.45) is 0 Å². The summed E-state index contributed by atoms with van der Waals surface area (Å²) in [5, 5.41) is 3.31. The van der Waals surface area contributed by atoms with Gasteiger partial charge >= 0.3 is 0 Å². The largest absolute Gasteiger partial charge is 0.448 e. The number of nitrogens with one attached hydrogen (secondary N) is 1. The summed E-state index contributed by atoms with van der Waals surface area (Å²) in [6, 6.07) is 15.3. The number of anilines is 2. The first kappa shape index (κ1) is 18.5. The van der Waals surface area contributed by atoms with Crippen LogP contribution < -0.4 is 10.2 Å². The van der Waals surface area contributed by atoms with Crippen molar-refractivity contribution in [1.29, 1.82) is 0 Å². The van der Waals surface area contributed by atoms with Crippen LogP contribution in [0, 0.1) is 5.82 Å². The SMILES string of the molecule is O=C(Nc1ccc(N2CCCC2=O)c(F)c1)c1ccc(-c2nc3ccccc3s2)o1. The second-order valence-electron chi connectivity index (χ2n) is 6.92. The van der Waals surface area contributed by atoms with Crippen molar-refractivity contribution in [3.05, 3.63) is 66.2 Å². The number of para-hydroxylation sites is 1. The van der Waals surface area contributed by atoms with Gasteiger partial charge in [-0.1, -0.05) is 12.1 Å². The first-order chi connectivity index (χ1) is 14.6. The molecule has 0 aliphatic carbocycles. The summed E-state index contributed by atoms with van der Waals surface area (Å²) in [5.74, 6) is -0.549. The second kappa shape index (κ2) is 7.38. The number of nitrogens with zero attached hydrogens (tertiary/aromatic N) is 2. The van der Waals surface area contributed by atoms with Crippen LogP contribution in [0.15, 0.2) is 59.0 Å². The summed E-state index contributed by atoms with van der Waals surface area (Å²) < 4.78 is 21.2. The van der Waals surface area contributed by atoms with E-state index >= 15 is 0 Å². The third-order valence-electron chi connectivity index (χ3n) is 4.90. The van der Waals surface area contributed by atoms with Gasteiger partial charge in [0.15, 0.2) is 16.5 Å². The Balaban J connectivity index is 1.33. The molecule has 1 saturated heterocycles. The van der Waals surface area contributed by atoms with Gasteiger partial charge in [0.05, 0.1) is 15.9 Å². The van der Waals surface area contributed by atoms with Gasteiger partial charge in [-0.3, -0.25) is 9.59 Å². The molecule has 0 saturated carbocycles. The van der Waals surface area contributed by atoms with Crippen LogP contribution in [-0.2, 0) is 4.79 Å². The quantitative estimate of drug-likeness (QED) is 0.499. The molecule has 0 radical (unpaired) electrons. The Hall–Kier alpha value is -3.52. The Bertz CT molecular complexity index is 1250. The number of thiazole rings is 1. The maximum atomic E-state index is 14.5. The highest BCUT2D eigenvalue weighted by molar-refractivity contribution is 7.21. The number of rotatable bonds is 4. The van der Waals surface area contributed by atoms with Crippen LogP contribution in [-0.4, -0.2) is 23.3 Å². The van der Waals surface area contributed by atoms with Gasteiger partial charge in [-0.25, -0.2) is 9.37 Å². The summed E-state index contributed by atoms with van der Waals surface area (Å²) in [6.07, 6.45) is 1.14. The number of carbonyl (C=O) groups is 2. The molecule has 1 aliphatic rings. The van der Waals surface area contributed by atoms with Crippen LogP contribution >= 0.6 is 11.3 Å². The van der Waals surface area contributed by atoms with Crippen LogP contribution in [0.2, 0.25) is 0 Å². The zero-order valence-electron chi connectivity index (χ0n) is 15.7. The minimum Gasteiger partial charge on any atom is -0.448 e. The van der Waals surface area contributed by atoms with E-state index in [0.29, 0.717) is 30.2 Å². The average molecular weight is 421 g/mol. The highest BCUT2D eigenvalue weighted by Crippen LogP contribution is 2.31. The Labute approximate surface area is 174 Å². The van der Waals surface area contributed by atoms with E-state index in [-0.39, 0.29) is 23.0 Å². The molecular weight excluding hydrogens is 405 g/mol. The lowest BCUT2D eigenvalue weighted by atomic mass is 10.2. The van der Waals surface area contributed by atoms with Crippen LogP contribution in [0.25, 0.3) is 21.0 Å². The molecular formula is C22H16FN3O3S. The summed E-state index contributed by atoms with van der Waals surface area (Å²) in [4.78, 5) is 30.3. The summed E-state index contributed by atoms with van der Waals surface area (Å²) in [7, 11) is 0. The Morgan fingerprint density at radius 3 is 2.80 bits per heavy atom. The first-order valence-corrected chi connectivity index (χ1v) is 10.3. The number of furan rings is 1. The van der Waals surface area contributed by atoms with Crippen molar-refractivity contribution in [2.45, 2.75) is 12.8 Å². The summed E-state index contributed by atoms with van der Waals surface area (Å²) in [6.45, 7) is 0.502. The number of benzene rings is 2. The van der Waals surface area contributed by atoms with Crippen LogP contribution in [0.1, 0.15) is 23.4 Å². The van der Waals surface area contributed by atoms with Gasteiger partial charge in [0.2, 0.25) is 5.91 Å². The number of halogens is 1. The molecule has 0 bridgehead atoms. The number of carbonyl (C=O) groups excluding carboxylic acids is 2. The smallest absolute Gasteiger partial charge is 0.291 e. The van der Waals surface area contributed by atoms with E-state index in [1.54, 1.807) is 18.2 Å². The number of hydrogen-bond donors (Lipinski definition) is 1. The molecule has 150 valence electrons. The molecule has 1 N–H and O–H groups in total. The van der Waals surface area contributed by atoms with Crippen LogP contribution in [0.4, 0.5) is 15.8 Å². The van der Waals surface area contributed by atoms with Crippen LogP contribution in [0.5, 0.6) is 0 Å². The van der Waals surface area contributed by atoms with E-state index in [0.717, 1.165) is 10.2 Å². The fourth-order valence-corrected chi connectivity index (χ4v) is 4.38. The van der Waals surface area contributed by atoms with Gasteiger partial charge in [0.1, 0.15) is 5.82 Å². The molecule has 4 aromatic rings. The topological polar surface area (TPSA) is 75.4 Å². The van der Waals surface area contributed by atoms with Crippen molar-refractivity contribution in [2.75, 3.05) is 16.8 Å². The third kappa shape index (κ3) is 3.35. The highest BCUT2D eigenvalue weighted by Gasteiger charge is 2.24. The minimum atomic E-state index is -0.558. The molecule has 0 unspecified atom stereocenters. The predicted octanol–water partition coefficient (Wildman–Crippen LogP) is 5.07. The lowest BCUT2D eigenvalue weighted by Gasteiger charge is -2.17. The van der Waals surface area contributed by atoms with E-state index < -0.39 is 11.7 Å². The van der Waals surface area contributed by atoms with Crippen LogP contribution in [0.3, 0.4) is 0 Å². The molecule has 0 atom stereocenters. The Morgan fingerprint density at radius 2 is 2.03 bits per heavy atom. The molecule has 8 heteroatoms. The number of hydrogen-bond acceptors (Lipinski definition) is 5. The molecule has 6 nitrogen and oxygen atoms in total. The summed E-state index contributed by atoms with van der Waals surface area (Å²) in [5.41, 5.74) is 1.38. The zero-order chi connectivity index (χ0) is 20.7.